The third-order valence-corrected chi connectivity index (χ3v) is 9.55. The summed E-state index contributed by atoms with van der Waals surface area (Å²) in [6, 6.07) is 35.2. The SMILES string of the molecule is Cc1cc2c(cc1OCc1ccccc1)-c1cc(OCc3ccccc3)c(C)cc1B2c1c(C(C)C)cc(C(C)C)cc1C(C)C. The van der Waals surface area contributed by atoms with E-state index in [1.165, 1.54) is 66.5 Å². The van der Waals surface area contributed by atoms with Gasteiger partial charge in [-0.2, -0.15) is 0 Å². The van der Waals surface area contributed by atoms with Crippen LogP contribution in [0.5, 0.6) is 11.5 Å². The maximum atomic E-state index is 6.50. The number of rotatable bonds is 10. The second-order valence-corrected chi connectivity index (χ2v) is 14.0. The summed E-state index contributed by atoms with van der Waals surface area (Å²) >= 11 is 0. The summed E-state index contributed by atoms with van der Waals surface area (Å²) in [5.41, 5.74) is 15.7. The first-order valence-corrected chi connectivity index (χ1v) is 16.9. The molecule has 3 heteroatoms. The second-order valence-electron chi connectivity index (χ2n) is 14.0. The van der Waals surface area contributed by atoms with E-state index in [1.54, 1.807) is 0 Å². The summed E-state index contributed by atoms with van der Waals surface area (Å²) in [6.07, 6.45) is 0. The highest BCUT2D eigenvalue weighted by Gasteiger charge is 2.38. The molecule has 1 aliphatic heterocycles. The Morgan fingerprint density at radius 1 is 0.522 bits per heavy atom. The van der Waals surface area contributed by atoms with Crippen LogP contribution in [0.1, 0.15) is 98.2 Å². The lowest BCUT2D eigenvalue weighted by Gasteiger charge is -2.27. The van der Waals surface area contributed by atoms with Crippen LogP contribution in [0.3, 0.4) is 0 Å². The lowest BCUT2D eigenvalue weighted by molar-refractivity contribution is 0.304. The van der Waals surface area contributed by atoms with Gasteiger partial charge in [-0.05, 0) is 93.8 Å². The third-order valence-electron chi connectivity index (χ3n) is 9.55. The zero-order valence-electron chi connectivity index (χ0n) is 28.8. The van der Waals surface area contributed by atoms with Crippen LogP contribution in [-0.4, -0.2) is 6.71 Å². The molecular weight excluding hydrogens is 559 g/mol. The Morgan fingerprint density at radius 2 is 0.935 bits per heavy atom. The van der Waals surface area contributed by atoms with E-state index in [9.17, 15) is 0 Å². The van der Waals surface area contributed by atoms with Crippen LogP contribution in [0.25, 0.3) is 11.1 Å². The van der Waals surface area contributed by atoms with Gasteiger partial charge in [0.25, 0.3) is 0 Å². The summed E-state index contributed by atoms with van der Waals surface area (Å²) in [6.45, 7) is 19.6. The van der Waals surface area contributed by atoms with E-state index in [0.29, 0.717) is 31.0 Å². The lowest BCUT2D eigenvalue weighted by atomic mass is 9.36. The molecule has 0 unspecified atom stereocenters. The van der Waals surface area contributed by atoms with Crippen LogP contribution in [0, 0.1) is 13.8 Å². The largest absolute Gasteiger partial charge is 0.489 e. The number of fused-ring (bicyclic) bond motifs is 3. The molecule has 234 valence electrons. The van der Waals surface area contributed by atoms with Gasteiger partial charge >= 0.3 is 0 Å². The fraction of sp³-hybridized carbons (Fsp3) is 0.302. The van der Waals surface area contributed by atoms with E-state index in [0.717, 1.165) is 11.5 Å². The van der Waals surface area contributed by atoms with Gasteiger partial charge in [0.15, 0.2) is 0 Å². The highest BCUT2D eigenvalue weighted by Crippen LogP contribution is 2.36. The average molecular weight is 607 g/mol. The zero-order valence-corrected chi connectivity index (χ0v) is 28.8. The highest BCUT2D eigenvalue weighted by molar-refractivity contribution is 6.99. The molecule has 46 heavy (non-hydrogen) atoms. The zero-order chi connectivity index (χ0) is 32.5. The fourth-order valence-electron chi connectivity index (χ4n) is 6.97. The van der Waals surface area contributed by atoms with Crippen LogP contribution in [0.15, 0.2) is 97.1 Å². The maximum absolute atomic E-state index is 6.50. The van der Waals surface area contributed by atoms with Crippen LogP contribution >= 0.6 is 0 Å². The molecule has 6 rings (SSSR count). The smallest absolute Gasteiger partial charge is 0.243 e. The van der Waals surface area contributed by atoms with Gasteiger partial charge < -0.3 is 9.47 Å². The minimum Gasteiger partial charge on any atom is -0.489 e. The van der Waals surface area contributed by atoms with Crippen LogP contribution < -0.4 is 25.9 Å². The fourth-order valence-corrected chi connectivity index (χ4v) is 6.97. The van der Waals surface area contributed by atoms with E-state index in [2.05, 4.69) is 140 Å². The number of aryl methyl sites for hydroxylation is 2. The summed E-state index contributed by atoms with van der Waals surface area (Å²) in [5, 5.41) is 0. The van der Waals surface area contributed by atoms with Crippen molar-refractivity contribution < 1.29 is 9.47 Å². The van der Waals surface area contributed by atoms with Crippen LogP contribution in [0.4, 0.5) is 0 Å². The topological polar surface area (TPSA) is 18.5 Å². The van der Waals surface area contributed by atoms with Gasteiger partial charge in [-0.15, -0.1) is 0 Å². The molecule has 0 atom stereocenters. The molecule has 0 spiro atoms. The van der Waals surface area contributed by atoms with E-state index >= 15 is 0 Å². The number of hydrogen-bond acceptors (Lipinski definition) is 2. The molecule has 2 nitrogen and oxygen atoms in total. The Balaban J connectivity index is 1.53. The molecule has 1 heterocycles. The minimum atomic E-state index is 0.143. The molecule has 0 N–H and O–H groups in total. The van der Waals surface area contributed by atoms with Crippen molar-refractivity contribution in [3.63, 3.8) is 0 Å². The van der Waals surface area contributed by atoms with Gasteiger partial charge in [-0.1, -0.05) is 143 Å². The molecule has 0 bridgehead atoms. The molecule has 0 fully saturated rings. The van der Waals surface area contributed by atoms with E-state index in [1.807, 2.05) is 12.1 Å². The van der Waals surface area contributed by atoms with Crippen LogP contribution in [0.2, 0.25) is 0 Å². The Morgan fingerprint density at radius 3 is 1.30 bits per heavy atom. The van der Waals surface area contributed by atoms with Gasteiger partial charge in [0.05, 0.1) is 0 Å². The molecule has 5 aromatic rings. The highest BCUT2D eigenvalue weighted by atomic mass is 16.5. The van der Waals surface area contributed by atoms with Crippen LogP contribution in [-0.2, 0) is 13.2 Å². The first kappa shape index (κ1) is 31.7. The first-order valence-electron chi connectivity index (χ1n) is 16.9. The number of ether oxygens (including phenoxy) is 2. The molecule has 0 amide bonds. The summed E-state index contributed by atoms with van der Waals surface area (Å²) in [5.74, 6) is 3.16. The quantitative estimate of drug-likeness (QED) is 0.145. The molecule has 0 saturated carbocycles. The van der Waals surface area contributed by atoms with Gasteiger partial charge in [0.2, 0.25) is 6.71 Å². The van der Waals surface area contributed by atoms with Crippen molar-refractivity contribution in [2.75, 3.05) is 0 Å². The standard InChI is InChI=1S/C43H47BO2/c1-27(2)34-21-35(28(3)4)43(36(22-34)29(5)6)44-39-19-30(7)41(45-25-32-15-11-9-12-16-32)23-37(39)38-24-42(31(8)20-40(38)44)46-26-33-17-13-10-14-18-33/h9-24,27-29H,25-26H2,1-8H3. The van der Waals surface area contributed by atoms with Crippen molar-refractivity contribution >= 4 is 23.1 Å². The van der Waals surface area contributed by atoms with E-state index in [-0.39, 0.29) is 6.71 Å². The third kappa shape index (κ3) is 6.25. The minimum absolute atomic E-state index is 0.143. The Kier molecular flexibility index (Phi) is 9.14. The van der Waals surface area contributed by atoms with Crippen molar-refractivity contribution in [1.82, 2.24) is 0 Å². The lowest BCUT2D eigenvalue weighted by Crippen LogP contribution is -2.52. The van der Waals surface area contributed by atoms with Gasteiger partial charge in [0, 0.05) is 0 Å². The predicted molar refractivity (Wildman–Crippen MR) is 196 cm³/mol. The van der Waals surface area contributed by atoms with Crippen molar-refractivity contribution in [1.29, 1.82) is 0 Å². The average Bonchev–Trinajstić information content (AvgIpc) is 3.33. The molecule has 1 aliphatic rings. The Bertz CT molecular complexity index is 1710. The summed E-state index contributed by atoms with van der Waals surface area (Å²) < 4.78 is 13.0. The first-order chi connectivity index (χ1) is 22.1. The number of hydrogen-bond donors (Lipinski definition) is 0. The molecular formula is C43H47BO2. The normalized spacial score (nSPS) is 12.2. The predicted octanol–water partition coefficient (Wildman–Crippen LogP) is 9.33. The number of benzene rings is 5. The molecule has 0 saturated heterocycles. The second kappa shape index (κ2) is 13.2. The van der Waals surface area contributed by atoms with E-state index < -0.39 is 0 Å². The van der Waals surface area contributed by atoms with Crippen molar-refractivity contribution in [3.05, 3.63) is 136 Å². The molecule has 0 aliphatic carbocycles. The Labute approximate surface area is 276 Å². The monoisotopic (exact) mass is 606 g/mol. The summed E-state index contributed by atoms with van der Waals surface area (Å²) in [7, 11) is 0. The Hall–Kier alpha value is -4.24. The molecule has 5 aromatic carbocycles. The van der Waals surface area contributed by atoms with E-state index in [4.69, 9.17) is 9.47 Å². The van der Waals surface area contributed by atoms with Gasteiger partial charge in [-0.3, -0.25) is 0 Å². The summed E-state index contributed by atoms with van der Waals surface area (Å²) in [4.78, 5) is 0. The van der Waals surface area contributed by atoms with Gasteiger partial charge in [0.1, 0.15) is 24.7 Å². The molecule has 0 radical (unpaired) electrons. The maximum Gasteiger partial charge on any atom is 0.243 e. The van der Waals surface area contributed by atoms with Crippen molar-refractivity contribution in [2.45, 2.75) is 86.4 Å². The van der Waals surface area contributed by atoms with Crippen molar-refractivity contribution in [3.8, 4) is 22.6 Å². The molecule has 0 aromatic heterocycles. The van der Waals surface area contributed by atoms with Gasteiger partial charge in [-0.25, -0.2) is 0 Å². The van der Waals surface area contributed by atoms with Crippen molar-refractivity contribution in [2.24, 2.45) is 0 Å².